The highest BCUT2D eigenvalue weighted by Crippen LogP contribution is 2.01. The van der Waals surface area contributed by atoms with Crippen molar-refractivity contribution in [1.82, 2.24) is 15.0 Å². The molecule has 72 valence electrons. The van der Waals surface area contributed by atoms with Gasteiger partial charge < -0.3 is 14.7 Å². The number of carbonyl (C=O) groups is 1. The first-order chi connectivity index (χ1) is 6.86. The number of ether oxygens (including phenoxy) is 1. The Bertz CT molecular complexity index is 392. The van der Waals surface area contributed by atoms with E-state index in [0.29, 0.717) is 0 Å². The molecule has 0 saturated carbocycles. The van der Waals surface area contributed by atoms with Gasteiger partial charge in [0.1, 0.15) is 6.61 Å². The van der Waals surface area contributed by atoms with Gasteiger partial charge in [0.25, 0.3) is 0 Å². The second-order valence-corrected chi connectivity index (χ2v) is 2.73. The topological polar surface area (TPSA) is 70.8 Å². The lowest BCUT2D eigenvalue weighted by Gasteiger charge is -1.99. The van der Waals surface area contributed by atoms with Crippen molar-refractivity contribution >= 4 is 5.97 Å². The van der Waals surface area contributed by atoms with Gasteiger partial charge in [-0.2, -0.15) is 0 Å². The number of aromatic nitrogens is 3. The highest BCUT2D eigenvalue weighted by atomic mass is 16.5. The number of nitrogens with zero attached hydrogens (tertiary/aromatic N) is 1. The molecule has 0 aliphatic carbocycles. The van der Waals surface area contributed by atoms with Crippen LogP contribution in [-0.2, 0) is 11.3 Å². The molecule has 2 heterocycles. The Morgan fingerprint density at radius 1 is 1.50 bits per heavy atom. The van der Waals surface area contributed by atoms with E-state index in [1.807, 2.05) is 6.07 Å². The minimum atomic E-state index is -0.448. The normalized spacial score (nSPS) is 10.0. The zero-order valence-corrected chi connectivity index (χ0v) is 7.36. The van der Waals surface area contributed by atoms with Gasteiger partial charge in [-0.1, -0.05) is 0 Å². The van der Waals surface area contributed by atoms with E-state index in [-0.39, 0.29) is 12.4 Å². The second kappa shape index (κ2) is 3.78. The molecule has 0 bridgehead atoms. The molecule has 0 atom stereocenters. The Balaban J connectivity index is 1.90. The molecule has 2 aromatic heterocycles. The summed E-state index contributed by atoms with van der Waals surface area (Å²) in [5.41, 5.74) is 0.921. The fourth-order valence-corrected chi connectivity index (χ4v) is 1.04. The number of aromatic amines is 2. The van der Waals surface area contributed by atoms with Crippen molar-refractivity contribution in [1.29, 1.82) is 0 Å². The highest BCUT2D eigenvalue weighted by Gasteiger charge is 2.08. The first-order valence-corrected chi connectivity index (χ1v) is 4.14. The zero-order valence-electron chi connectivity index (χ0n) is 7.36. The second-order valence-electron chi connectivity index (χ2n) is 2.73. The maximum absolute atomic E-state index is 11.3. The largest absolute Gasteiger partial charge is 0.455 e. The molecule has 0 amide bonds. The summed E-state index contributed by atoms with van der Waals surface area (Å²) in [4.78, 5) is 20.6. The quantitative estimate of drug-likeness (QED) is 0.713. The predicted octanol–water partition coefficient (Wildman–Crippen LogP) is 1.09. The molecule has 14 heavy (non-hydrogen) atoms. The Labute approximate surface area is 80.1 Å². The number of hydrogen-bond acceptors (Lipinski definition) is 3. The third-order valence-electron chi connectivity index (χ3n) is 1.72. The molecule has 2 aromatic rings. The number of carbonyl (C=O) groups excluding carboxylic acids is 1. The number of rotatable bonds is 3. The van der Waals surface area contributed by atoms with E-state index < -0.39 is 5.97 Å². The monoisotopic (exact) mass is 191 g/mol. The Morgan fingerprint density at radius 3 is 3.07 bits per heavy atom. The van der Waals surface area contributed by atoms with Gasteiger partial charge >= 0.3 is 5.97 Å². The van der Waals surface area contributed by atoms with Gasteiger partial charge in [0, 0.05) is 30.4 Å². The smallest absolute Gasteiger partial charge is 0.374 e. The zero-order chi connectivity index (χ0) is 9.80. The summed E-state index contributed by atoms with van der Waals surface area (Å²) in [5, 5.41) is 0. The number of hydrogen-bond donors (Lipinski definition) is 2. The number of nitrogens with one attached hydrogen (secondary N) is 2. The lowest BCUT2D eigenvalue weighted by atomic mass is 10.4. The standard InChI is InChI=1S/C9H9N3O2/c13-9(8-11-3-4-12-8)14-6-7-1-2-10-5-7/h1-5,10H,6H2,(H,11,12). The molecule has 0 aliphatic heterocycles. The van der Waals surface area contributed by atoms with Crippen LogP contribution in [0.4, 0.5) is 0 Å². The van der Waals surface area contributed by atoms with Crippen molar-refractivity contribution in [3.8, 4) is 0 Å². The molecule has 5 heteroatoms. The van der Waals surface area contributed by atoms with E-state index in [1.165, 1.54) is 6.20 Å². The summed E-state index contributed by atoms with van der Waals surface area (Å²) in [5.74, 6) is -0.225. The van der Waals surface area contributed by atoms with E-state index in [9.17, 15) is 4.79 Å². The van der Waals surface area contributed by atoms with E-state index in [0.717, 1.165) is 5.56 Å². The molecular weight excluding hydrogens is 182 g/mol. The van der Waals surface area contributed by atoms with Crippen LogP contribution < -0.4 is 0 Å². The predicted molar refractivity (Wildman–Crippen MR) is 48.5 cm³/mol. The van der Waals surface area contributed by atoms with Crippen molar-refractivity contribution in [2.45, 2.75) is 6.61 Å². The van der Waals surface area contributed by atoms with E-state index >= 15 is 0 Å². The minimum absolute atomic E-state index is 0.223. The molecule has 0 spiro atoms. The van der Waals surface area contributed by atoms with Gasteiger partial charge in [0.05, 0.1) is 0 Å². The summed E-state index contributed by atoms with van der Waals surface area (Å²) in [6, 6.07) is 1.84. The Kier molecular flexibility index (Phi) is 2.31. The number of H-pyrrole nitrogens is 2. The van der Waals surface area contributed by atoms with Gasteiger partial charge in [-0.15, -0.1) is 0 Å². The first-order valence-electron chi connectivity index (χ1n) is 4.14. The third-order valence-corrected chi connectivity index (χ3v) is 1.72. The maximum Gasteiger partial charge on any atom is 0.374 e. The van der Waals surface area contributed by atoms with Crippen molar-refractivity contribution in [2.75, 3.05) is 0 Å². The van der Waals surface area contributed by atoms with E-state index in [1.54, 1.807) is 18.6 Å². The minimum Gasteiger partial charge on any atom is -0.455 e. The molecule has 2 N–H and O–H groups in total. The van der Waals surface area contributed by atoms with Crippen LogP contribution in [0.2, 0.25) is 0 Å². The van der Waals surface area contributed by atoms with E-state index in [4.69, 9.17) is 4.74 Å². The molecule has 0 fully saturated rings. The molecule has 0 aliphatic rings. The fourth-order valence-electron chi connectivity index (χ4n) is 1.04. The summed E-state index contributed by atoms with van der Waals surface area (Å²) in [6.45, 7) is 0.253. The number of imidazole rings is 1. The van der Waals surface area contributed by atoms with E-state index in [2.05, 4.69) is 15.0 Å². The molecule has 0 unspecified atom stereocenters. The van der Waals surface area contributed by atoms with Crippen LogP contribution in [0.3, 0.4) is 0 Å². The van der Waals surface area contributed by atoms with Crippen LogP contribution in [0, 0.1) is 0 Å². The summed E-state index contributed by atoms with van der Waals surface area (Å²) in [7, 11) is 0. The summed E-state index contributed by atoms with van der Waals surface area (Å²) in [6.07, 6.45) is 6.63. The Morgan fingerprint density at radius 2 is 2.43 bits per heavy atom. The van der Waals surface area contributed by atoms with Crippen molar-refractivity contribution in [2.24, 2.45) is 0 Å². The average Bonchev–Trinajstić information content (AvgIpc) is 2.87. The fraction of sp³-hybridized carbons (Fsp3) is 0.111. The van der Waals surface area contributed by atoms with Crippen LogP contribution in [0.25, 0.3) is 0 Å². The van der Waals surface area contributed by atoms with Crippen molar-refractivity contribution in [3.63, 3.8) is 0 Å². The average molecular weight is 191 g/mol. The lowest BCUT2D eigenvalue weighted by molar-refractivity contribution is 0.0459. The number of esters is 1. The third kappa shape index (κ3) is 1.82. The van der Waals surface area contributed by atoms with Gasteiger partial charge in [-0.05, 0) is 6.07 Å². The SMILES string of the molecule is O=C(OCc1cc[nH]c1)c1ncc[nH]1. The maximum atomic E-state index is 11.3. The lowest BCUT2D eigenvalue weighted by Crippen LogP contribution is -2.06. The van der Waals surface area contributed by atoms with Crippen LogP contribution in [0.1, 0.15) is 16.2 Å². The van der Waals surface area contributed by atoms with Gasteiger partial charge in [0.2, 0.25) is 5.82 Å². The molecule has 5 nitrogen and oxygen atoms in total. The molecular formula is C9H9N3O2. The molecule has 2 rings (SSSR count). The first kappa shape index (κ1) is 8.55. The Hall–Kier alpha value is -2.04. The van der Waals surface area contributed by atoms with Gasteiger partial charge in [-0.3, -0.25) is 0 Å². The van der Waals surface area contributed by atoms with Crippen LogP contribution in [0.5, 0.6) is 0 Å². The highest BCUT2D eigenvalue weighted by molar-refractivity contribution is 5.85. The summed E-state index contributed by atoms with van der Waals surface area (Å²) < 4.78 is 4.98. The van der Waals surface area contributed by atoms with Crippen LogP contribution in [-0.4, -0.2) is 20.9 Å². The van der Waals surface area contributed by atoms with Gasteiger partial charge in [0.15, 0.2) is 0 Å². The summed E-state index contributed by atoms with van der Waals surface area (Å²) >= 11 is 0. The van der Waals surface area contributed by atoms with Crippen LogP contribution in [0.15, 0.2) is 30.9 Å². The van der Waals surface area contributed by atoms with Crippen LogP contribution >= 0.6 is 0 Å². The van der Waals surface area contributed by atoms with Gasteiger partial charge in [-0.25, -0.2) is 9.78 Å². The molecule has 0 aromatic carbocycles. The molecule has 0 saturated heterocycles. The molecule has 0 radical (unpaired) electrons. The van der Waals surface area contributed by atoms with Crippen molar-refractivity contribution < 1.29 is 9.53 Å². The van der Waals surface area contributed by atoms with Crippen molar-refractivity contribution in [3.05, 3.63) is 42.2 Å².